The fraction of sp³-hybridized carbons (Fsp3) is 0.0909. The van der Waals surface area contributed by atoms with E-state index in [0.717, 1.165) is 7.11 Å². The average molecular weight is 203 g/mol. The molecule has 0 aromatic heterocycles. The number of carbonyl (C=O) groups excluding carboxylic acids is 2. The highest BCUT2D eigenvalue weighted by molar-refractivity contribution is 6.37. The van der Waals surface area contributed by atoms with Crippen LogP contribution in [-0.2, 0) is 14.3 Å². The second-order valence-corrected chi connectivity index (χ2v) is 2.67. The fourth-order valence-electron chi connectivity index (χ4n) is 0.962. The van der Waals surface area contributed by atoms with Crippen molar-refractivity contribution < 1.29 is 14.3 Å². The van der Waals surface area contributed by atoms with E-state index in [9.17, 15) is 9.59 Å². The van der Waals surface area contributed by atoms with Crippen LogP contribution >= 0.6 is 0 Å². The van der Waals surface area contributed by atoms with E-state index in [-0.39, 0.29) is 0 Å². The topological polar surface area (TPSA) is 55.4 Å². The van der Waals surface area contributed by atoms with E-state index in [4.69, 9.17) is 6.42 Å². The number of ether oxygens (including phenoxy) is 1. The number of nitrogens with one attached hydrogen (secondary N) is 1. The number of rotatable bonds is 1. The van der Waals surface area contributed by atoms with Crippen molar-refractivity contribution in [2.75, 3.05) is 12.4 Å². The van der Waals surface area contributed by atoms with Gasteiger partial charge in [-0.25, -0.2) is 4.79 Å². The zero-order valence-corrected chi connectivity index (χ0v) is 8.11. The van der Waals surface area contributed by atoms with Crippen molar-refractivity contribution >= 4 is 17.6 Å². The van der Waals surface area contributed by atoms with Crippen molar-refractivity contribution in [2.24, 2.45) is 0 Å². The first-order valence-corrected chi connectivity index (χ1v) is 4.13. The molecule has 4 heteroatoms. The summed E-state index contributed by atoms with van der Waals surface area (Å²) in [5.74, 6) is 0.646. The molecule has 0 saturated carbocycles. The Balaban J connectivity index is 2.77. The molecule has 0 aliphatic carbocycles. The predicted octanol–water partition coefficient (Wildman–Crippen LogP) is 0.779. The van der Waals surface area contributed by atoms with Gasteiger partial charge in [0.1, 0.15) is 0 Å². The zero-order chi connectivity index (χ0) is 11.3. The van der Waals surface area contributed by atoms with E-state index < -0.39 is 11.9 Å². The SMILES string of the molecule is C#Cc1cccc(NC(=O)C(=O)OC)c1. The molecule has 1 amide bonds. The van der Waals surface area contributed by atoms with Gasteiger partial charge in [0.05, 0.1) is 7.11 Å². The Hall–Kier alpha value is -2.28. The fourth-order valence-corrected chi connectivity index (χ4v) is 0.962. The highest BCUT2D eigenvalue weighted by atomic mass is 16.5. The summed E-state index contributed by atoms with van der Waals surface area (Å²) in [7, 11) is 1.14. The molecule has 0 aliphatic rings. The molecule has 0 bridgehead atoms. The Bertz CT molecular complexity index is 432. The van der Waals surface area contributed by atoms with E-state index >= 15 is 0 Å². The summed E-state index contributed by atoms with van der Waals surface area (Å²) >= 11 is 0. The van der Waals surface area contributed by atoms with Crippen molar-refractivity contribution in [1.82, 2.24) is 0 Å². The van der Waals surface area contributed by atoms with Gasteiger partial charge in [-0.3, -0.25) is 4.79 Å². The molecule has 1 aromatic rings. The third-order valence-electron chi connectivity index (χ3n) is 1.66. The number of anilines is 1. The van der Waals surface area contributed by atoms with E-state index in [1.165, 1.54) is 0 Å². The number of hydrogen-bond acceptors (Lipinski definition) is 3. The van der Waals surface area contributed by atoms with Crippen molar-refractivity contribution in [1.29, 1.82) is 0 Å². The maximum atomic E-state index is 11.1. The molecule has 4 nitrogen and oxygen atoms in total. The second-order valence-electron chi connectivity index (χ2n) is 2.67. The van der Waals surface area contributed by atoms with Crippen LogP contribution in [-0.4, -0.2) is 19.0 Å². The summed E-state index contributed by atoms with van der Waals surface area (Å²) in [5.41, 5.74) is 1.08. The summed E-state index contributed by atoms with van der Waals surface area (Å²) in [6.07, 6.45) is 5.18. The van der Waals surface area contributed by atoms with Crippen LogP contribution in [0.4, 0.5) is 5.69 Å². The van der Waals surface area contributed by atoms with Crippen LogP contribution in [0.1, 0.15) is 5.56 Å². The standard InChI is InChI=1S/C11H9NO3/c1-3-8-5-4-6-9(7-8)12-10(13)11(14)15-2/h1,4-7H,2H3,(H,12,13). The van der Waals surface area contributed by atoms with Gasteiger partial charge in [0, 0.05) is 11.3 Å². The number of benzene rings is 1. The molecule has 15 heavy (non-hydrogen) atoms. The molecule has 0 saturated heterocycles. The Morgan fingerprint density at radius 3 is 2.80 bits per heavy atom. The third kappa shape index (κ3) is 2.85. The number of hydrogen-bond donors (Lipinski definition) is 1. The average Bonchev–Trinajstić information content (AvgIpc) is 2.28. The van der Waals surface area contributed by atoms with Crippen LogP contribution < -0.4 is 5.32 Å². The van der Waals surface area contributed by atoms with Crippen LogP contribution in [0, 0.1) is 12.3 Å². The maximum absolute atomic E-state index is 11.1. The summed E-state index contributed by atoms with van der Waals surface area (Å²) in [4.78, 5) is 21.9. The summed E-state index contributed by atoms with van der Waals surface area (Å²) in [6, 6.07) is 6.61. The molecule has 0 radical (unpaired) electrons. The molecule has 0 unspecified atom stereocenters. The quantitative estimate of drug-likeness (QED) is 0.417. The third-order valence-corrected chi connectivity index (χ3v) is 1.66. The van der Waals surface area contributed by atoms with Crippen molar-refractivity contribution in [2.45, 2.75) is 0 Å². The predicted molar refractivity (Wildman–Crippen MR) is 55.0 cm³/mol. The van der Waals surface area contributed by atoms with Gasteiger partial charge in [-0.05, 0) is 18.2 Å². The summed E-state index contributed by atoms with van der Waals surface area (Å²) in [6.45, 7) is 0. The molecular formula is C11H9NO3. The number of methoxy groups -OCH3 is 1. The zero-order valence-electron chi connectivity index (χ0n) is 8.11. The van der Waals surface area contributed by atoms with Crippen LogP contribution in [0.5, 0.6) is 0 Å². The molecule has 76 valence electrons. The largest absolute Gasteiger partial charge is 0.462 e. The molecular weight excluding hydrogens is 194 g/mol. The smallest absolute Gasteiger partial charge is 0.396 e. The monoisotopic (exact) mass is 203 g/mol. The Morgan fingerprint density at radius 2 is 2.20 bits per heavy atom. The van der Waals surface area contributed by atoms with E-state index in [2.05, 4.69) is 16.0 Å². The molecule has 0 heterocycles. The lowest BCUT2D eigenvalue weighted by Gasteiger charge is -2.03. The molecule has 0 atom stereocenters. The number of terminal acetylenes is 1. The van der Waals surface area contributed by atoms with Gasteiger partial charge in [0.2, 0.25) is 0 Å². The summed E-state index contributed by atoms with van der Waals surface area (Å²) in [5, 5.41) is 2.36. The Labute approximate surface area is 87.2 Å². The molecule has 1 rings (SSSR count). The van der Waals surface area contributed by atoms with Gasteiger partial charge in [-0.15, -0.1) is 6.42 Å². The van der Waals surface area contributed by atoms with Gasteiger partial charge in [-0.2, -0.15) is 0 Å². The minimum Gasteiger partial charge on any atom is -0.462 e. The molecule has 0 fully saturated rings. The minimum atomic E-state index is -0.943. The van der Waals surface area contributed by atoms with Crippen LogP contribution in [0.3, 0.4) is 0 Å². The number of amides is 1. The normalized spacial score (nSPS) is 8.80. The molecule has 0 spiro atoms. The van der Waals surface area contributed by atoms with Crippen molar-refractivity contribution in [3.8, 4) is 12.3 Å². The van der Waals surface area contributed by atoms with Gasteiger partial charge < -0.3 is 10.1 Å². The maximum Gasteiger partial charge on any atom is 0.396 e. The minimum absolute atomic E-state index is 0.459. The first kappa shape index (κ1) is 10.8. The van der Waals surface area contributed by atoms with Gasteiger partial charge >= 0.3 is 11.9 Å². The molecule has 1 aromatic carbocycles. The highest BCUT2D eigenvalue weighted by Crippen LogP contribution is 2.09. The second kappa shape index (κ2) is 4.82. The van der Waals surface area contributed by atoms with E-state index in [1.54, 1.807) is 24.3 Å². The van der Waals surface area contributed by atoms with Gasteiger partial charge in [0.15, 0.2) is 0 Å². The van der Waals surface area contributed by atoms with Gasteiger partial charge in [-0.1, -0.05) is 12.0 Å². The van der Waals surface area contributed by atoms with Crippen molar-refractivity contribution in [3.05, 3.63) is 29.8 Å². The van der Waals surface area contributed by atoms with Gasteiger partial charge in [0.25, 0.3) is 0 Å². The Morgan fingerprint density at radius 1 is 1.47 bits per heavy atom. The highest BCUT2D eigenvalue weighted by Gasteiger charge is 2.13. The van der Waals surface area contributed by atoms with Crippen LogP contribution in [0.15, 0.2) is 24.3 Å². The number of carbonyl (C=O) groups is 2. The van der Waals surface area contributed by atoms with Crippen LogP contribution in [0.2, 0.25) is 0 Å². The lowest BCUT2D eigenvalue weighted by Crippen LogP contribution is -2.23. The first-order chi connectivity index (χ1) is 7.17. The Kier molecular flexibility index (Phi) is 3.47. The molecule has 1 N–H and O–H groups in total. The van der Waals surface area contributed by atoms with Crippen LogP contribution in [0.25, 0.3) is 0 Å². The lowest BCUT2D eigenvalue weighted by atomic mass is 10.2. The van der Waals surface area contributed by atoms with Crippen molar-refractivity contribution in [3.63, 3.8) is 0 Å². The van der Waals surface area contributed by atoms with E-state index in [1.807, 2.05) is 0 Å². The van der Waals surface area contributed by atoms with E-state index in [0.29, 0.717) is 11.3 Å². The summed E-state index contributed by atoms with van der Waals surface area (Å²) < 4.78 is 4.25. The first-order valence-electron chi connectivity index (χ1n) is 4.13. The number of esters is 1. The molecule has 0 aliphatic heterocycles. The lowest BCUT2D eigenvalue weighted by molar-refractivity contribution is -0.150.